The van der Waals surface area contributed by atoms with E-state index in [9.17, 15) is 9.59 Å². The van der Waals surface area contributed by atoms with E-state index >= 15 is 0 Å². The first kappa shape index (κ1) is 22.0. The number of carbonyl (C=O) groups excluding carboxylic acids is 2. The van der Waals surface area contributed by atoms with E-state index in [4.69, 9.17) is 10.00 Å². The van der Waals surface area contributed by atoms with Crippen LogP contribution in [0.15, 0.2) is 47.6 Å². The maximum atomic E-state index is 12.8. The van der Waals surface area contributed by atoms with Crippen LogP contribution >= 0.6 is 0 Å². The minimum atomic E-state index is -0.568. The number of nitrogens with zero attached hydrogens (tertiary/aromatic N) is 4. The van der Waals surface area contributed by atoms with E-state index in [1.807, 2.05) is 56.1 Å². The van der Waals surface area contributed by atoms with Crippen LogP contribution in [0.3, 0.4) is 0 Å². The number of anilines is 2. The number of rotatable bonds is 7. The van der Waals surface area contributed by atoms with Crippen molar-refractivity contribution in [3.8, 4) is 6.07 Å². The summed E-state index contributed by atoms with van der Waals surface area (Å²) in [6.07, 6.45) is 1.11. The molecular weight excluding hydrogens is 392 g/mol. The summed E-state index contributed by atoms with van der Waals surface area (Å²) in [5.41, 5.74) is 5.07. The summed E-state index contributed by atoms with van der Waals surface area (Å²) >= 11 is 0. The van der Waals surface area contributed by atoms with Gasteiger partial charge in [0.1, 0.15) is 0 Å². The van der Waals surface area contributed by atoms with Gasteiger partial charge in [0.05, 0.1) is 23.7 Å². The molecular formula is C24H26N4O3. The maximum absolute atomic E-state index is 12.8. The van der Waals surface area contributed by atoms with E-state index in [-0.39, 0.29) is 18.9 Å². The Morgan fingerprint density at radius 2 is 1.81 bits per heavy atom. The quantitative estimate of drug-likeness (QED) is 0.635. The average Bonchev–Trinajstić information content (AvgIpc) is 3.18. The number of carbonyl (C=O) groups is 2. The molecule has 0 saturated carbocycles. The Morgan fingerprint density at radius 3 is 2.39 bits per heavy atom. The van der Waals surface area contributed by atoms with Crippen molar-refractivity contribution in [2.75, 3.05) is 29.6 Å². The summed E-state index contributed by atoms with van der Waals surface area (Å²) in [6, 6.07) is 14.8. The van der Waals surface area contributed by atoms with E-state index in [0.717, 1.165) is 35.5 Å². The van der Waals surface area contributed by atoms with Gasteiger partial charge in [-0.15, -0.1) is 0 Å². The molecule has 160 valence electrons. The molecule has 3 rings (SSSR count). The number of nitriles is 1. The fourth-order valence-corrected chi connectivity index (χ4v) is 3.48. The summed E-state index contributed by atoms with van der Waals surface area (Å²) < 4.78 is 5.26. The Balaban J connectivity index is 1.64. The normalized spacial score (nSPS) is 12.8. The molecule has 0 saturated heterocycles. The standard InChI is InChI=1S/C24H26N4O3/c1-17-13-18(2)15-22(14-17)27(11-4-10-25)23(29)16-31-24(30)20-5-7-21(8-6-20)28-12-9-19(3)26-28/h5-8,13-15H,4,9,11-12,16H2,1-3H3. The molecule has 2 aromatic rings. The third-order valence-corrected chi connectivity index (χ3v) is 4.97. The third kappa shape index (κ3) is 5.70. The number of hydrogen-bond donors (Lipinski definition) is 0. The van der Waals surface area contributed by atoms with Crippen LogP contribution in [-0.4, -0.2) is 37.3 Å². The molecule has 1 heterocycles. The molecule has 7 heteroatoms. The SMILES string of the molecule is CC1=NN(c2ccc(C(=O)OCC(=O)N(CCC#N)c3cc(C)cc(C)c3)cc2)CC1. The van der Waals surface area contributed by atoms with Gasteiger partial charge in [0.15, 0.2) is 6.61 Å². The second-order valence-corrected chi connectivity index (χ2v) is 7.63. The van der Waals surface area contributed by atoms with Gasteiger partial charge >= 0.3 is 5.97 Å². The number of hydrazone groups is 1. The number of amides is 1. The zero-order chi connectivity index (χ0) is 22.4. The van der Waals surface area contributed by atoms with Gasteiger partial charge in [0.25, 0.3) is 5.91 Å². The van der Waals surface area contributed by atoms with Crippen LogP contribution in [0.4, 0.5) is 11.4 Å². The molecule has 7 nitrogen and oxygen atoms in total. The van der Waals surface area contributed by atoms with Crippen molar-refractivity contribution in [2.24, 2.45) is 5.10 Å². The van der Waals surface area contributed by atoms with Crippen molar-refractivity contribution in [3.05, 3.63) is 59.2 Å². The molecule has 2 aromatic carbocycles. The molecule has 0 aromatic heterocycles. The molecule has 1 aliphatic heterocycles. The molecule has 0 aliphatic carbocycles. The van der Waals surface area contributed by atoms with E-state index in [2.05, 4.69) is 11.2 Å². The first-order chi connectivity index (χ1) is 14.9. The van der Waals surface area contributed by atoms with Crippen molar-refractivity contribution in [1.82, 2.24) is 0 Å². The van der Waals surface area contributed by atoms with E-state index in [1.165, 1.54) is 4.90 Å². The van der Waals surface area contributed by atoms with Gasteiger partial charge in [-0.2, -0.15) is 10.4 Å². The molecule has 31 heavy (non-hydrogen) atoms. The lowest BCUT2D eigenvalue weighted by Gasteiger charge is -2.22. The summed E-state index contributed by atoms with van der Waals surface area (Å²) in [6.45, 7) is 6.54. The van der Waals surface area contributed by atoms with Crippen molar-refractivity contribution < 1.29 is 14.3 Å². The van der Waals surface area contributed by atoms with Gasteiger partial charge in [-0.1, -0.05) is 6.07 Å². The Hall–Kier alpha value is -3.66. The first-order valence-corrected chi connectivity index (χ1v) is 10.2. The Kier molecular flexibility index (Phi) is 7.03. The third-order valence-electron chi connectivity index (χ3n) is 4.97. The zero-order valence-corrected chi connectivity index (χ0v) is 18.1. The minimum Gasteiger partial charge on any atom is -0.452 e. The topological polar surface area (TPSA) is 86.0 Å². The molecule has 0 atom stereocenters. The van der Waals surface area contributed by atoms with Crippen molar-refractivity contribution in [1.29, 1.82) is 5.26 Å². The molecule has 0 bridgehead atoms. The molecule has 1 amide bonds. The van der Waals surface area contributed by atoms with Crippen LogP contribution in [0.2, 0.25) is 0 Å². The van der Waals surface area contributed by atoms with Gasteiger partial charge in [0.2, 0.25) is 0 Å². The molecule has 0 N–H and O–H groups in total. The number of hydrogen-bond acceptors (Lipinski definition) is 6. The second-order valence-electron chi connectivity index (χ2n) is 7.63. The smallest absolute Gasteiger partial charge is 0.338 e. The summed E-state index contributed by atoms with van der Waals surface area (Å²) in [7, 11) is 0. The minimum absolute atomic E-state index is 0.187. The van der Waals surface area contributed by atoms with Crippen molar-refractivity contribution in [3.63, 3.8) is 0 Å². The highest BCUT2D eigenvalue weighted by atomic mass is 16.5. The van der Waals surface area contributed by atoms with Crippen LogP contribution in [0.5, 0.6) is 0 Å². The fraction of sp³-hybridized carbons (Fsp3) is 0.333. The summed E-state index contributed by atoms with van der Waals surface area (Å²) in [5.74, 6) is -0.936. The number of benzene rings is 2. The molecule has 0 fully saturated rings. The predicted octanol–water partition coefficient (Wildman–Crippen LogP) is 3.99. The highest BCUT2D eigenvalue weighted by Gasteiger charge is 2.19. The van der Waals surface area contributed by atoms with Gasteiger partial charge in [-0.25, -0.2) is 4.79 Å². The molecule has 0 spiro atoms. The van der Waals surface area contributed by atoms with E-state index in [1.54, 1.807) is 12.1 Å². The highest BCUT2D eigenvalue weighted by Crippen LogP contribution is 2.21. The van der Waals surface area contributed by atoms with Crippen LogP contribution in [0.25, 0.3) is 0 Å². The monoisotopic (exact) mass is 418 g/mol. The van der Waals surface area contributed by atoms with Crippen LogP contribution in [0, 0.1) is 25.2 Å². The predicted molar refractivity (Wildman–Crippen MR) is 120 cm³/mol. The van der Waals surface area contributed by atoms with Gasteiger partial charge in [-0.3, -0.25) is 9.80 Å². The van der Waals surface area contributed by atoms with E-state index < -0.39 is 12.6 Å². The molecule has 0 unspecified atom stereocenters. The largest absolute Gasteiger partial charge is 0.452 e. The second kappa shape index (κ2) is 9.90. The molecule has 0 radical (unpaired) electrons. The Labute approximate surface area is 182 Å². The summed E-state index contributed by atoms with van der Waals surface area (Å²) in [5, 5.41) is 15.3. The Bertz CT molecular complexity index is 1020. The van der Waals surface area contributed by atoms with Crippen molar-refractivity contribution in [2.45, 2.75) is 33.6 Å². The fourth-order valence-electron chi connectivity index (χ4n) is 3.48. The first-order valence-electron chi connectivity index (χ1n) is 10.2. The van der Waals surface area contributed by atoms with Gasteiger partial charge in [-0.05, 0) is 68.3 Å². The lowest BCUT2D eigenvalue weighted by Crippen LogP contribution is -2.35. The van der Waals surface area contributed by atoms with Crippen molar-refractivity contribution >= 4 is 29.0 Å². The van der Waals surface area contributed by atoms with E-state index in [0.29, 0.717) is 11.3 Å². The highest BCUT2D eigenvalue weighted by molar-refractivity contribution is 5.97. The average molecular weight is 418 g/mol. The zero-order valence-electron chi connectivity index (χ0n) is 18.1. The number of esters is 1. The lowest BCUT2D eigenvalue weighted by atomic mass is 10.1. The number of aryl methyl sites for hydroxylation is 2. The summed E-state index contributed by atoms with van der Waals surface area (Å²) in [4.78, 5) is 26.7. The van der Waals surface area contributed by atoms with Crippen LogP contribution in [0.1, 0.15) is 41.3 Å². The number of ether oxygens (including phenoxy) is 1. The molecule has 1 aliphatic rings. The van der Waals surface area contributed by atoms with Crippen LogP contribution in [-0.2, 0) is 9.53 Å². The maximum Gasteiger partial charge on any atom is 0.338 e. The Morgan fingerprint density at radius 1 is 1.13 bits per heavy atom. The lowest BCUT2D eigenvalue weighted by molar-refractivity contribution is -0.121. The van der Waals surface area contributed by atoms with Crippen LogP contribution < -0.4 is 9.91 Å². The van der Waals surface area contributed by atoms with Gasteiger partial charge < -0.3 is 9.64 Å². The van der Waals surface area contributed by atoms with Gasteiger partial charge in [0, 0.05) is 30.9 Å².